The number of carbonyl (C=O) groups excluding carboxylic acids is 1. The Balaban J connectivity index is 1.55. The lowest BCUT2D eigenvalue weighted by Crippen LogP contribution is -2.24. The van der Waals surface area contributed by atoms with Crippen LogP contribution in [0.25, 0.3) is 0 Å². The van der Waals surface area contributed by atoms with E-state index >= 15 is 0 Å². The summed E-state index contributed by atoms with van der Waals surface area (Å²) >= 11 is 0. The number of benzene rings is 1. The minimum atomic E-state index is -0.118. The number of rotatable bonds is 6. The molecule has 0 bridgehead atoms. The summed E-state index contributed by atoms with van der Waals surface area (Å²) in [5.41, 5.74) is 3.58. The molecule has 0 amide bonds. The van der Waals surface area contributed by atoms with Crippen molar-refractivity contribution in [2.24, 2.45) is 11.8 Å². The van der Waals surface area contributed by atoms with Crippen molar-refractivity contribution in [3.63, 3.8) is 0 Å². The number of unbranched alkanes of at least 4 members (excludes halogenated alkanes) is 2. The molecule has 1 unspecified atom stereocenters. The molecule has 0 aliphatic heterocycles. The fourth-order valence-electron chi connectivity index (χ4n) is 4.45. The fourth-order valence-corrected chi connectivity index (χ4v) is 4.45. The summed E-state index contributed by atoms with van der Waals surface area (Å²) in [5.74, 6) is 1.50. The number of fused-ring (bicyclic) bond motifs is 1. The van der Waals surface area contributed by atoms with Crippen LogP contribution >= 0.6 is 0 Å². The van der Waals surface area contributed by atoms with Crippen LogP contribution in [0.1, 0.15) is 93.1 Å². The van der Waals surface area contributed by atoms with E-state index in [2.05, 4.69) is 26.0 Å². The number of esters is 1. The predicted molar refractivity (Wildman–Crippen MR) is 103 cm³/mol. The second-order valence-corrected chi connectivity index (χ2v) is 8.38. The van der Waals surface area contributed by atoms with Gasteiger partial charge in [-0.1, -0.05) is 45.6 Å². The maximum Gasteiger partial charge on any atom is 0.338 e. The molecule has 2 aliphatic rings. The lowest BCUT2D eigenvalue weighted by Gasteiger charge is -2.27. The van der Waals surface area contributed by atoms with Crippen molar-refractivity contribution in [1.82, 2.24) is 0 Å². The maximum absolute atomic E-state index is 12.5. The van der Waals surface area contributed by atoms with Crippen LogP contribution in [-0.4, -0.2) is 12.1 Å². The van der Waals surface area contributed by atoms with Crippen molar-refractivity contribution in [2.75, 3.05) is 0 Å². The van der Waals surface area contributed by atoms with Crippen LogP contribution in [0.3, 0.4) is 0 Å². The van der Waals surface area contributed by atoms with E-state index in [1.807, 2.05) is 6.07 Å². The van der Waals surface area contributed by atoms with Crippen LogP contribution in [0, 0.1) is 11.8 Å². The second kappa shape index (κ2) is 8.87. The average Bonchev–Trinajstić information content (AvgIpc) is 2.63. The van der Waals surface area contributed by atoms with Gasteiger partial charge < -0.3 is 4.74 Å². The predicted octanol–water partition coefficient (Wildman–Crippen LogP) is 6.11. The van der Waals surface area contributed by atoms with Gasteiger partial charge in [0.15, 0.2) is 0 Å². The first-order valence-corrected chi connectivity index (χ1v) is 10.5. The molecule has 0 aromatic heterocycles. The Bertz CT molecular complexity index is 569. The number of carbonyl (C=O) groups is 1. The molecule has 138 valence electrons. The maximum atomic E-state index is 12.5. The second-order valence-electron chi connectivity index (χ2n) is 8.38. The SMILES string of the molecule is CCCCCC1CCc2cc(C(=O)O[C@H]3CC[C@H](C)CC3)ccc2C1. The zero-order valence-corrected chi connectivity index (χ0v) is 16.1. The Morgan fingerprint density at radius 1 is 1.08 bits per heavy atom. The highest BCUT2D eigenvalue weighted by Gasteiger charge is 2.24. The van der Waals surface area contributed by atoms with Crippen molar-refractivity contribution in [1.29, 1.82) is 0 Å². The van der Waals surface area contributed by atoms with E-state index < -0.39 is 0 Å². The minimum Gasteiger partial charge on any atom is -0.459 e. The highest BCUT2D eigenvalue weighted by Crippen LogP contribution is 2.30. The molecule has 3 rings (SSSR count). The summed E-state index contributed by atoms with van der Waals surface area (Å²) in [6.07, 6.45) is 13.5. The van der Waals surface area contributed by atoms with Crippen LogP contribution in [0.15, 0.2) is 18.2 Å². The van der Waals surface area contributed by atoms with Crippen molar-refractivity contribution in [3.8, 4) is 0 Å². The molecule has 0 radical (unpaired) electrons. The molecule has 0 N–H and O–H groups in total. The largest absolute Gasteiger partial charge is 0.459 e. The summed E-state index contributed by atoms with van der Waals surface area (Å²) < 4.78 is 5.76. The molecule has 0 spiro atoms. The third kappa shape index (κ3) is 5.09. The Hall–Kier alpha value is -1.31. The van der Waals surface area contributed by atoms with E-state index in [1.54, 1.807) is 0 Å². The number of ether oxygens (including phenoxy) is 1. The summed E-state index contributed by atoms with van der Waals surface area (Å²) in [5, 5.41) is 0. The van der Waals surface area contributed by atoms with Gasteiger partial charge in [0.1, 0.15) is 6.10 Å². The van der Waals surface area contributed by atoms with Gasteiger partial charge in [-0.2, -0.15) is 0 Å². The molecule has 1 saturated carbocycles. The summed E-state index contributed by atoms with van der Waals surface area (Å²) in [6.45, 7) is 4.56. The molecule has 1 aromatic carbocycles. The van der Waals surface area contributed by atoms with E-state index in [4.69, 9.17) is 4.74 Å². The molecule has 0 saturated heterocycles. The van der Waals surface area contributed by atoms with E-state index in [-0.39, 0.29) is 12.1 Å². The normalized spacial score (nSPS) is 26.1. The Morgan fingerprint density at radius 3 is 2.64 bits per heavy atom. The van der Waals surface area contributed by atoms with Gasteiger partial charge in [0, 0.05) is 0 Å². The molecule has 1 atom stereocenters. The van der Waals surface area contributed by atoms with E-state index in [1.165, 1.54) is 62.5 Å². The zero-order valence-electron chi connectivity index (χ0n) is 16.1. The van der Waals surface area contributed by atoms with E-state index in [0.717, 1.165) is 36.7 Å². The van der Waals surface area contributed by atoms with Crippen molar-refractivity contribution in [3.05, 3.63) is 34.9 Å². The lowest BCUT2D eigenvalue weighted by molar-refractivity contribution is 0.0173. The van der Waals surface area contributed by atoms with Gasteiger partial charge in [-0.25, -0.2) is 4.79 Å². The molecule has 0 heterocycles. The Kier molecular flexibility index (Phi) is 6.56. The first-order valence-electron chi connectivity index (χ1n) is 10.5. The molecule has 2 nitrogen and oxygen atoms in total. The van der Waals surface area contributed by atoms with E-state index in [0.29, 0.717) is 0 Å². The van der Waals surface area contributed by atoms with Gasteiger partial charge >= 0.3 is 5.97 Å². The van der Waals surface area contributed by atoms with Crippen molar-refractivity contribution in [2.45, 2.75) is 90.6 Å². The average molecular weight is 343 g/mol. The van der Waals surface area contributed by atoms with Crippen molar-refractivity contribution < 1.29 is 9.53 Å². The topological polar surface area (TPSA) is 26.3 Å². The van der Waals surface area contributed by atoms with Gasteiger partial charge in [-0.3, -0.25) is 0 Å². The molecule has 1 aromatic rings. The van der Waals surface area contributed by atoms with E-state index in [9.17, 15) is 4.79 Å². The highest BCUT2D eigenvalue weighted by atomic mass is 16.5. The van der Waals surface area contributed by atoms with Crippen LogP contribution in [-0.2, 0) is 17.6 Å². The summed E-state index contributed by atoms with van der Waals surface area (Å²) in [7, 11) is 0. The van der Waals surface area contributed by atoms with Gasteiger partial charge in [0.2, 0.25) is 0 Å². The fraction of sp³-hybridized carbons (Fsp3) is 0.696. The molecular formula is C23H34O2. The third-order valence-corrected chi connectivity index (χ3v) is 6.22. The third-order valence-electron chi connectivity index (χ3n) is 6.22. The first-order chi connectivity index (χ1) is 12.2. The summed E-state index contributed by atoms with van der Waals surface area (Å²) in [6, 6.07) is 6.27. The van der Waals surface area contributed by atoms with Crippen molar-refractivity contribution >= 4 is 5.97 Å². The lowest BCUT2D eigenvalue weighted by atomic mass is 9.81. The quantitative estimate of drug-likeness (QED) is 0.461. The minimum absolute atomic E-state index is 0.118. The molecule has 1 fully saturated rings. The number of hydrogen-bond donors (Lipinski definition) is 0. The number of hydrogen-bond acceptors (Lipinski definition) is 2. The van der Waals surface area contributed by atoms with Gasteiger partial charge in [-0.15, -0.1) is 0 Å². The standard InChI is InChI=1S/C23H34O2/c1-3-4-5-6-18-9-10-20-16-21(12-11-19(20)15-18)23(24)25-22-13-7-17(2)8-14-22/h11-12,16-18,22H,3-10,13-15H2,1-2H3/t17-,18?,22-. The van der Waals surface area contributed by atoms with Gasteiger partial charge in [0.05, 0.1) is 5.56 Å². The first kappa shape index (κ1) is 18.5. The molecule has 25 heavy (non-hydrogen) atoms. The van der Waals surface area contributed by atoms with Crippen LogP contribution in [0.5, 0.6) is 0 Å². The monoisotopic (exact) mass is 342 g/mol. The molecular weight excluding hydrogens is 308 g/mol. The Labute approximate surface area is 153 Å². The highest BCUT2D eigenvalue weighted by molar-refractivity contribution is 5.89. The molecule has 2 heteroatoms. The van der Waals surface area contributed by atoms with Gasteiger partial charge in [0.25, 0.3) is 0 Å². The summed E-state index contributed by atoms with van der Waals surface area (Å²) in [4.78, 5) is 12.5. The van der Waals surface area contributed by atoms with Crippen LogP contribution in [0.2, 0.25) is 0 Å². The number of aryl methyl sites for hydroxylation is 1. The Morgan fingerprint density at radius 2 is 1.88 bits per heavy atom. The molecule has 2 aliphatic carbocycles. The smallest absolute Gasteiger partial charge is 0.338 e. The van der Waals surface area contributed by atoms with Crippen LogP contribution in [0.4, 0.5) is 0 Å². The van der Waals surface area contributed by atoms with Crippen LogP contribution < -0.4 is 0 Å². The zero-order chi connectivity index (χ0) is 17.6. The van der Waals surface area contributed by atoms with Gasteiger partial charge in [-0.05, 0) is 80.0 Å².